The van der Waals surface area contributed by atoms with E-state index in [4.69, 9.17) is 4.84 Å². The van der Waals surface area contributed by atoms with E-state index in [0.717, 1.165) is 23.3 Å². The van der Waals surface area contributed by atoms with E-state index in [2.05, 4.69) is 4.74 Å². The van der Waals surface area contributed by atoms with Crippen LogP contribution in [0, 0.1) is 6.92 Å². The largest absolute Gasteiger partial charge is 0.463 e. The second-order valence-electron chi connectivity index (χ2n) is 4.13. The fraction of sp³-hybridized carbons (Fsp3) is 0.357. The molecule has 0 radical (unpaired) electrons. The molecule has 1 aromatic carbocycles. The van der Waals surface area contributed by atoms with Crippen LogP contribution >= 0.6 is 0 Å². The third kappa shape index (κ3) is 4.17. The van der Waals surface area contributed by atoms with Gasteiger partial charge in [0, 0.05) is 0 Å². The predicted molar refractivity (Wildman–Crippen MR) is 70.4 cm³/mol. The van der Waals surface area contributed by atoms with E-state index in [9.17, 15) is 14.4 Å². The Bertz CT molecular complexity index is 512. The molecule has 0 bridgehead atoms. The first-order valence-corrected chi connectivity index (χ1v) is 5.99. The number of hydrogen-bond acceptors (Lipinski definition) is 5. The highest BCUT2D eigenvalue weighted by molar-refractivity contribution is 6.36. The number of carbonyl (C=O) groups excluding carboxylic acids is 3. The quantitative estimate of drug-likeness (QED) is 0.336. The van der Waals surface area contributed by atoms with Crippen LogP contribution in [0.4, 0.5) is 0 Å². The van der Waals surface area contributed by atoms with Gasteiger partial charge in [0.25, 0.3) is 5.91 Å². The summed E-state index contributed by atoms with van der Waals surface area (Å²) in [6.45, 7) is 2.11. The number of carbonyl (C=O) groups is 3. The van der Waals surface area contributed by atoms with Gasteiger partial charge in [-0.05, 0) is 18.1 Å². The fourth-order valence-corrected chi connectivity index (χ4v) is 1.61. The van der Waals surface area contributed by atoms with E-state index in [1.54, 1.807) is 0 Å². The predicted octanol–water partition coefficient (Wildman–Crippen LogP) is 1.02. The number of methoxy groups -OCH3 is 1. The Kier molecular flexibility index (Phi) is 5.86. The molecule has 0 atom stereocenters. The lowest BCUT2D eigenvalue weighted by Crippen LogP contribution is -2.33. The number of rotatable bonds is 6. The SMILES string of the molecule is COC(=O)C(=O)CC(=O)N(Cc1ccccc1C)OC. The molecule has 108 valence electrons. The average molecular weight is 279 g/mol. The van der Waals surface area contributed by atoms with Crippen molar-refractivity contribution >= 4 is 17.7 Å². The summed E-state index contributed by atoms with van der Waals surface area (Å²) in [6, 6.07) is 7.50. The Morgan fingerprint density at radius 2 is 1.80 bits per heavy atom. The summed E-state index contributed by atoms with van der Waals surface area (Å²) in [5.41, 5.74) is 1.90. The molecule has 0 fully saturated rings. The van der Waals surface area contributed by atoms with Crippen LogP contribution in [0.25, 0.3) is 0 Å². The highest BCUT2D eigenvalue weighted by atomic mass is 16.7. The number of amides is 1. The zero-order valence-corrected chi connectivity index (χ0v) is 11.7. The average Bonchev–Trinajstić information content (AvgIpc) is 2.45. The van der Waals surface area contributed by atoms with Crippen molar-refractivity contribution in [2.24, 2.45) is 0 Å². The zero-order valence-electron chi connectivity index (χ0n) is 11.7. The van der Waals surface area contributed by atoms with Crippen LogP contribution in [0.5, 0.6) is 0 Å². The molecule has 0 aliphatic heterocycles. The van der Waals surface area contributed by atoms with E-state index in [0.29, 0.717) is 0 Å². The fourth-order valence-electron chi connectivity index (χ4n) is 1.61. The molecule has 0 saturated heterocycles. The molecule has 6 nitrogen and oxygen atoms in total. The van der Waals surface area contributed by atoms with Gasteiger partial charge >= 0.3 is 5.97 Å². The Morgan fingerprint density at radius 3 is 2.35 bits per heavy atom. The molecule has 0 aromatic heterocycles. The summed E-state index contributed by atoms with van der Waals surface area (Å²) in [6.07, 6.45) is -0.577. The number of esters is 1. The molecular formula is C14H17NO5. The molecule has 0 spiro atoms. The molecule has 1 aromatic rings. The van der Waals surface area contributed by atoms with Crippen molar-refractivity contribution < 1.29 is 24.0 Å². The second-order valence-corrected chi connectivity index (χ2v) is 4.13. The van der Waals surface area contributed by atoms with Gasteiger partial charge in [-0.25, -0.2) is 9.86 Å². The van der Waals surface area contributed by atoms with Crippen molar-refractivity contribution in [2.75, 3.05) is 14.2 Å². The molecule has 0 heterocycles. The van der Waals surface area contributed by atoms with Gasteiger partial charge in [-0.3, -0.25) is 14.4 Å². The first-order valence-electron chi connectivity index (χ1n) is 5.99. The number of benzene rings is 1. The summed E-state index contributed by atoms with van der Waals surface area (Å²) in [7, 11) is 2.42. The summed E-state index contributed by atoms with van der Waals surface area (Å²) < 4.78 is 4.26. The summed E-state index contributed by atoms with van der Waals surface area (Å²) in [5, 5.41) is 1.04. The van der Waals surface area contributed by atoms with E-state index in [1.807, 2.05) is 31.2 Å². The van der Waals surface area contributed by atoms with Crippen molar-refractivity contribution in [3.8, 4) is 0 Å². The van der Waals surface area contributed by atoms with Gasteiger partial charge in [0.05, 0.1) is 27.2 Å². The summed E-state index contributed by atoms with van der Waals surface area (Å²) in [5.74, 6) is -2.53. The first-order chi connectivity index (χ1) is 9.49. The van der Waals surface area contributed by atoms with Crippen molar-refractivity contribution in [3.05, 3.63) is 35.4 Å². The zero-order chi connectivity index (χ0) is 15.1. The monoisotopic (exact) mass is 279 g/mol. The smallest absolute Gasteiger partial charge is 0.374 e. The standard InChI is InChI=1S/C14H17NO5/c1-10-6-4-5-7-11(10)9-15(20-3)13(17)8-12(16)14(18)19-2/h4-7H,8-9H2,1-3H3. The third-order valence-corrected chi connectivity index (χ3v) is 2.80. The van der Waals surface area contributed by atoms with E-state index >= 15 is 0 Å². The van der Waals surface area contributed by atoms with Crippen LogP contribution in [-0.2, 0) is 30.5 Å². The van der Waals surface area contributed by atoms with Crippen LogP contribution in [0.1, 0.15) is 17.5 Å². The number of hydrogen-bond donors (Lipinski definition) is 0. The van der Waals surface area contributed by atoms with Crippen molar-refractivity contribution in [1.82, 2.24) is 5.06 Å². The molecule has 0 aliphatic carbocycles. The Hall–Kier alpha value is -2.21. The maximum atomic E-state index is 11.9. The van der Waals surface area contributed by atoms with Gasteiger partial charge in [-0.2, -0.15) is 0 Å². The van der Waals surface area contributed by atoms with Crippen molar-refractivity contribution in [1.29, 1.82) is 0 Å². The Morgan fingerprint density at radius 1 is 1.15 bits per heavy atom. The number of hydroxylamine groups is 2. The van der Waals surface area contributed by atoms with Gasteiger partial charge in [-0.15, -0.1) is 0 Å². The lowest BCUT2D eigenvalue weighted by molar-refractivity contribution is -0.180. The normalized spacial score (nSPS) is 9.95. The minimum atomic E-state index is -1.04. The van der Waals surface area contributed by atoms with Crippen LogP contribution < -0.4 is 0 Å². The van der Waals surface area contributed by atoms with Crippen LogP contribution in [0.15, 0.2) is 24.3 Å². The maximum Gasteiger partial charge on any atom is 0.374 e. The van der Waals surface area contributed by atoms with Gasteiger partial charge in [-0.1, -0.05) is 24.3 Å². The van der Waals surface area contributed by atoms with E-state index in [-0.39, 0.29) is 6.54 Å². The number of Topliss-reactive ketones (excluding diaryl/α,β-unsaturated/α-hetero) is 1. The van der Waals surface area contributed by atoms with Crippen molar-refractivity contribution in [3.63, 3.8) is 0 Å². The Labute approximate surface area is 117 Å². The highest BCUT2D eigenvalue weighted by Crippen LogP contribution is 2.11. The summed E-state index contributed by atoms with van der Waals surface area (Å²) >= 11 is 0. The Balaban J connectivity index is 2.71. The molecule has 1 rings (SSSR count). The molecule has 0 N–H and O–H groups in total. The van der Waals surface area contributed by atoms with Crippen LogP contribution in [-0.4, -0.2) is 36.9 Å². The molecular weight excluding hydrogens is 262 g/mol. The van der Waals surface area contributed by atoms with Gasteiger partial charge in [0.2, 0.25) is 5.78 Å². The lowest BCUT2D eigenvalue weighted by Gasteiger charge is -2.20. The lowest BCUT2D eigenvalue weighted by atomic mass is 10.1. The van der Waals surface area contributed by atoms with Crippen LogP contribution in [0.2, 0.25) is 0 Å². The molecule has 1 amide bonds. The molecule has 0 saturated carbocycles. The minimum absolute atomic E-state index is 0.205. The van der Waals surface area contributed by atoms with Gasteiger partial charge < -0.3 is 4.74 Å². The van der Waals surface area contributed by atoms with E-state index < -0.39 is 24.1 Å². The number of aryl methyl sites for hydroxylation is 1. The second kappa shape index (κ2) is 7.40. The molecule has 0 aliphatic rings. The van der Waals surface area contributed by atoms with Crippen LogP contribution in [0.3, 0.4) is 0 Å². The maximum absolute atomic E-state index is 11.9. The highest BCUT2D eigenvalue weighted by Gasteiger charge is 2.23. The minimum Gasteiger partial charge on any atom is -0.463 e. The number of nitrogens with zero attached hydrogens (tertiary/aromatic N) is 1. The topological polar surface area (TPSA) is 72.9 Å². The molecule has 6 heteroatoms. The third-order valence-electron chi connectivity index (χ3n) is 2.80. The number of ether oxygens (including phenoxy) is 1. The summed E-state index contributed by atoms with van der Waals surface area (Å²) in [4.78, 5) is 39.2. The molecule has 20 heavy (non-hydrogen) atoms. The van der Waals surface area contributed by atoms with Gasteiger partial charge in [0.15, 0.2) is 0 Å². The number of ketones is 1. The van der Waals surface area contributed by atoms with E-state index in [1.165, 1.54) is 7.11 Å². The molecule has 0 unspecified atom stereocenters. The van der Waals surface area contributed by atoms with Crippen molar-refractivity contribution in [2.45, 2.75) is 19.9 Å². The first kappa shape index (κ1) is 15.8. The van der Waals surface area contributed by atoms with Gasteiger partial charge in [0.1, 0.15) is 0 Å².